The number of halogens is 3. The Morgan fingerprint density at radius 2 is 2.29 bits per heavy atom. The van der Waals surface area contributed by atoms with Crippen molar-refractivity contribution in [1.29, 1.82) is 0 Å². The van der Waals surface area contributed by atoms with Crippen molar-refractivity contribution >= 4 is 6.09 Å². The summed E-state index contributed by atoms with van der Waals surface area (Å²) in [6.07, 6.45) is -2.14. The lowest BCUT2D eigenvalue weighted by Gasteiger charge is -2.28. The average Bonchev–Trinajstić information content (AvgIpc) is 3.15. The van der Waals surface area contributed by atoms with E-state index in [0.717, 1.165) is 6.20 Å². The van der Waals surface area contributed by atoms with Gasteiger partial charge in [0.1, 0.15) is 11.9 Å². The topological polar surface area (TPSA) is 56.6 Å². The van der Waals surface area contributed by atoms with Crippen LogP contribution in [0.4, 0.5) is 18.0 Å². The average molecular weight is 347 g/mol. The molecule has 0 aromatic carbocycles. The highest BCUT2D eigenvalue weighted by molar-refractivity contribution is 5.67. The molecule has 2 atom stereocenters. The summed E-state index contributed by atoms with van der Waals surface area (Å²) in [6.45, 7) is 1.87. The first-order valence-electron chi connectivity index (χ1n) is 7.95. The molecule has 24 heavy (non-hydrogen) atoms. The second-order valence-corrected chi connectivity index (χ2v) is 6.35. The van der Waals surface area contributed by atoms with E-state index in [4.69, 9.17) is 9.47 Å². The number of nitrogens with zero attached hydrogens (tertiary/aromatic N) is 3. The molecule has 1 aromatic heterocycles. The van der Waals surface area contributed by atoms with Gasteiger partial charge in [-0.05, 0) is 12.3 Å². The van der Waals surface area contributed by atoms with Crippen LogP contribution >= 0.6 is 0 Å². The Morgan fingerprint density at radius 1 is 1.50 bits per heavy atom. The van der Waals surface area contributed by atoms with Crippen LogP contribution in [-0.2, 0) is 28.6 Å². The molecule has 0 saturated carbocycles. The Bertz CT molecular complexity index is 597. The van der Waals surface area contributed by atoms with Gasteiger partial charge in [0.2, 0.25) is 0 Å². The molecule has 1 aromatic rings. The number of aryl methyl sites for hydroxylation is 1. The largest absolute Gasteiger partial charge is 0.444 e. The summed E-state index contributed by atoms with van der Waals surface area (Å²) in [5, 5.41) is 0. The van der Waals surface area contributed by atoms with Crippen molar-refractivity contribution in [2.45, 2.75) is 38.1 Å². The quantitative estimate of drug-likeness (QED) is 0.842. The zero-order valence-electron chi connectivity index (χ0n) is 13.4. The van der Waals surface area contributed by atoms with E-state index in [-0.39, 0.29) is 12.0 Å². The predicted molar refractivity (Wildman–Crippen MR) is 77.4 cm³/mol. The Balaban J connectivity index is 1.55. The number of alkyl halides is 3. The van der Waals surface area contributed by atoms with Crippen LogP contribution in [0.3, 0.4) is 0 Å². The Hall–Kier alpha value is -1.77. The van der Waals surface area contributed by atoms with Crippen LogP contribution in [0.1, 0.15) is 24.4 Å². The monoisotopic (exact) mass is 347 g/mol. The van der Waals surface area contributed by atoms with E-state index in [1.807, 2.05) is 0 Å². The molecule has 0 aliphatic carbocycles. The number of ether oxygens (including phenoxy) is 2. The third kappa shape index (κ3) is 3.82. The van der Waals surface area contributed by atoms with Crippen molar-refractivity contribution in [2.75, 3.05) is 26.8 Å². The Morgan fingerprint density at radius 3 is 2.96 bits per heavy atom. The predicted octanol–water partition coefficient (Wildman–Crippen LogP) is 2.32. The van der Waals surface area contributed by atoms with E-state index in [2.05, 4.69) is 4.98 Å². The van der Waals surface area contributed by atoms with E-state index >= 15 is 0 Å². The van der Waals surface area contributed by atoms with Crippen molar-refractivity contribution in [3.05, 3.63) is 17.7 Å². The maximum atomic E-state index is 12.7. The van der Waals surface area contributed by atoms with Gasteiger partial charge in [0.25, 0.3) is 0 Å². The lowest BCUT2D eigenvalue weighted by molar-refractivity contribution is -0.141. The van der Waals surface area contributed by atoms with Gasteiger partial charge >= 0.3 is 12.3 Å². The standard InChI is InChI=1S/C15H20F3N3O3/c1-20(14(22)24-11-4-5-23-9-11)6-10-2-3-13-19-12(15(16,17)18)8-21(13)7-10/h8,10-11H,2-7,9H2,1H3. The van der Waals surface area contributed by atoms with Crippen molar-refractivity contribution in [3.63, 3.8) is 0 Å². The van der Waals surface area contributed by atoms with Crippen molar-refractivity contribution in [3.8, 4) is 0 Å². The number of rotatable bonds is 3. The number of hydrogen-bond acceptors (Lipinski definition) is 4. The molecule has 1 fully saturated rings. The smallest absolute Gasteiger partial charge is 0.434 e. The highest BCUT2D eigenvalue weighted by Gasteiger charge is 2.36. The molecule has 6 nitrogen and oxygen atoms in total. The molecular formula is C15H20F3N3O3. The van der Waals surface area contributed by atoms with Gasteiger partial charge in [-0.25, -0.2) is 9.78 Å². The summed E-state index contributed by atoms with van der Waals surface area (Å²) >= 11 is 0. The van der Waals surface area contributed by atoms with E-state index in [0.29, 0.717) is 51.4 Å². The van der Waals surface area contributed by atoms with Gasteiger partial charge < -0.3 is 18.9 Å². The third-order valence-corrected chi connectivity index (χ3v) is 4.38. The first-order valence-corrected chi connectivity index (χ1v) is 7.95. The van der Waals surface area contributed by atoms with Gasteiger partial charge in [0.15, 0.2) is 5.69 Å². The minimum atomic E-state index is -4.43. The number of carbonyl (C=O) groups is 1. The Labute approximate surface area is 137 Å². The van der Waals surface area contributed by atoms with E-state index in [1.54, 1.807) is 11.6 Å². The Kier molecular flexibility index (Phi) is 4.71. The maximum absolute atomic E-state index is 12.7. The van der Waals surface area contributed by atoms with Crippen molar-refractivity contribution in [1.82, 2.24) is 14.5 Å². The zero-order valence-corrected chi connectivity index (χ0v) is 13.4. The van der Waals surface area contributed by atoms with Crippen LogP contribution in [0.25, 0.3) is 0 Å². The summed E-state index contributed by atoms with van der Waals surface area (Å²) < 4.78 is 50.2. The number of hydrogen-bond donors (Lipinski definition) is 0. The fraction of sp³-hybridized carbons (Fsp3) is 0.733. The van der Waals surface area contributed by atoms with Gasteiger partial charge in [0, 0.05) is 39.2 Å². The molecule has 0 radical (unpaired) electrons. The van der Waals surface area contributed by atoms with Crippen LogP contribution in [0, 0.1) is 5.92 Å². The van der Waals surface area contributed by atoms with Gasteiger partial charge in [-0.15, -0.1) is 0 Å². The lowest BCUT2D eigenvalue weighted by atomic mass is 9.99. The molecule has 0 spiro atoms. The highest BCUT2D eigenvalue weighted by atomic mass is 19.4. The van der Waals surface area contributed by atoms with E-state index in [9.17, 15) is 18.0 Å². The molecule has 0 bridgehead atoms. The summed E-state index contributed by atoms with van der Waals surface area (Å²) in [5.74, 6) is 0.525. The number of aromatic nitrogens is 2. The number of carbonyl (C=O) groups excluding carboxylic acids is 1. The van der Waals surface area contributed by atoms with Crippen LogP contribution in [0.2, 0.25) is 0 Å². The SMILES string of the molecule is CN(CC1CCc2nc(C(F)(F)F)cn2C1)C(=O)OC1CCOC1. The maximum Gasteiger partial charge on any atom is 0.434 e. The summed E-state index contributed by atoms with van der Waals surface area (Å²) in [5.41, 5.74) is -0.854. The van der Waals surface area contributed by atoms with Crippen molar-refractivity contribution < 1.29 is 27.4 Å². The van der Waals surface area contributed by atoms with Crippen LogP contribution < -0.4 is 0 Å². The van der Waals surface area contributed by atoms with E-state index in [1.165, 1.54) is 4.90 Å². The second-order valence-electron chi connectivity index (χ2n) is 6.35. The minimum absolute atomic E-state index is 0.0742. The summed E-state index contributed by atoms with van der Waals surface area (Å²) in [6, 6.07) is 0. The lowest BCUT2D eigenvalue weighted by Crippen LogP contribution is -2.37. The van der Waals surface area contributed by atoms with Gasteiger partial charge in [0.05, 0.1) is 13.2 Å². The third-order valence-electron chi connectivity index (χ3n) is 4.38. The number of amides is 1. The van der Waals surface area contributed by atoms with Crippen LogP contribution in [0.15, 0.2) is 6.20 Å². The molecule has 134 valence electrons. The zero-order chi connectivity index (χ0) is 17.3. The second kappa shape index (κ2) is 6.62. The summed E-state index contributed by atoms with van der Waals surface area (Å²) in [4.78, 5) is 17.2. The number of fused-ring (bicyclic) bond motifs is 1. The molecule has 1 amide bonds. The normalized spacial score (nSPS) is 23.8. The highest BCUT2D eigenvalue weighted by Crippen LogP contribution is 2.30. The fourth-order valence-corrected chi connectivity index (χ4v) is 3.10. The molecule has 9 heteroatoms. The first-order chi connectivity index (χ1) is 11.3. The fourth-order valence-electron chi connectivity index (χ4n) is 3.10. The molecule has 3 rings (SSSR count). The molecule has 0 N–H and O–H groups in total. The number of imidazole rings is 1. The first kappa shape index (κ1) is 17.1. The molecular weight excluding hydrogens is 327 g/mol. The van der Waals surface area contributed by atoms with Gasteiger partial charge in [-0.3, -0.25) is 0 Å². The molecule has 1 saturated heterocycles. The molecule has 2 aliphatic heterocycles. The van der Waals surface area contributed by atoms with Crippen LogP contribution in [0.5, 0.6) is 0 Å². The van der Waals surface area contributed by atoms with Crippen molar-refractivity contribution in [2.24, 2.45) is 5.92 Å². The summed E-state index contributed by atoms with van der Waals surface area (Å²) in [7, 11) is 1.64. The minimum Gasteiger partial charge on any atom is -0.444 e. The van der Waals surface area contributed by atoms with Crippen LogP contribution in [-0.4, -0.2) is 53.5 Å². The molecule has 2 unspecified atom stereocenters. The molecule has 3 heterocycles. The van der Waals surface area contributed by atoms with E-state index < -0.39 is 18.0 Å². The van der Waals surface area contributed by atoms with Gasteiger partial charge in [-0.1, -0.05) is 0 Å². The van der Waals surface area contributed by atoms with Gasteiger partial charge in [-0.2, -0.15) is 13.2 Å². The molecule has 2 aliphatic rings.